The van der Waals surface area contributed by atoms with Gasteiger partial charge in [-0.1, -0.05) is 18.6 Å². The second kappa shape index (κ2) is 11.7. The minimum atomic E-state index is 1.02. The summed E-state index contributed by atoms with van der Waals surface area (Å²) in [4.78, 5) is 11.2. The molecule has 33 heavy (non-hydrogen) atoms. The van der Waals surface area contributed by atoms with E-state index in [0.29, 0.717) is 0 Å². The molecule has 0 saturated carbocycles. The van der Waals surface area contributed by atoms with Crippen molar-refractivity contribution in [1.29, 1.82) is 0 Å². The highest BCUT2D eigenvalue weighted by molar-refractivity contribution is 9.10. The number of fused-ring (bicyclic) bond motifs is 2. The minimum Gasteiger partial charge on any atom is -0.370 e. The monoisotopic (exact) mass is 510 g/mol. The first-order chi connectivity index (χ1) is 16.1. The first-order valence-electron chi connectivity index (χ1n) is 12.1. The van der Waals surface area contributed by atoms with E-state index in [2.05, 4.69) is 65.9 Å². The van der Waals surface area contributed by atoms with Crippen LogP contribution in [0.5, 0.6) is 0 Å². The molecule has 0 aliphatic carbocycles. The maximum atomic E-state index is 4.51. The van der Waals surface area contributed by atoms with Crippen molar-refractivity contribution >= 4 is 43.7 Å². The number of imidazole rings is 2. The van der Waals surface area contributed by atoms with Crippen LogP contribution in [0.2, 0.25) is 0 Å². The maximum absolute atomic E-state index is 4.51. The van der Waals surface area contributed by atoms with E-state index in [1.807, 2.05) is 42.5 Å². The lowest BCUT2D eigenvalue weighted by atomic mass is 10.1. The van der Waals surface area contributed by atoms with Crippen molar-refractivity contribution in [1.82, 2.24) is 24.4 Å². The van der Waals surface area contributed by atoms with Gasteiger partial charge < -0.3 is 19.4 Å². The smallest absolute Gasteiger partial charge is 0.112 e. The molecule has 4 aromatic rings. The van der Waals surface area contributed by atoms with Gasteiger partial charge in [0.2, 0.25) is 0 Å². The molecular weight excluding hydrogens is 476 g/mol. The summed E-state index contributed by atoms with van der Waals surface area (Å²) in [7, 11) is 4.04. The zero-order chi connectivity index (χ0) is 23.0. The Kier molecular flexibility index (Phi) is 8.40. The second-order valence-corrected chi connectivity index (χ2v) is 9.68. The summed E-state index contributed by atoms with van der Waals surface area (Å²) in [6.45, 7) is 4.85. The molecule has 0 radical (unpaired) electrons. The largest absolute Gasteiger partial charge is 0.370 e. The van der Waals surface area contributed by atoms with Crippen LogP contribution >= 0.6 is 15.9 Å². The van der Waals surface area contributed by atoms with E-state index in [9.17, 15) is 0 Å². The zero-order valence-electron chi connectivity index (χ0n) is 19.8. The van der Waals surface area contributed by atoms with E-state index in [-0.39, 0.29) is 0 Å². The Labute approximate surface area is 205 Å². The summed E-state index contributed by atoms with van der Waals surface area (Å²) < 4.78 is 5.14. The van der Waals surface area contributed by atoms with Gasteiger partial charge in [0.15, 0.2) is 0 Å². The molecule has 0 atom stereocenters. The third kappa shape index (κ3) is 5.95. The summed E-state index contributed by atoms with van der Waals surface area (Å²) in [5, 5.41) is 3.28. The standard InChI is InChI=1S/C13H17N3.C8H7BrN2.C5H11N/c1-15-10-14-13-11(15)6-5-7-12(13)16-8-3-2-4-9-16;1-11-5-10-8-6(9)3-2-4-7(8)11;1-2-4-6-5-3-1/h5-7,10H,2-4,8-9H2,1H3;2-5H,1H3;6H,1-5H2. The van der Waals surface area contributed by atoms with Gasteiger partial charge in [0.1, 0.15) is 11.0 Å². The molecule has 0 spiro atoms. The number of nitrogens with one attached hydrogen (secondary N) is 1. The van der Waals surface area contributed by atoms with Crippen molar-refractivity contribution in [2.75, 3.05) is 31.1 Å². The normalized spacial score (nSPS) is 16.2. The molecule has 0 amide bonds. The van der Waals surface area contributed by atoms with E-state index in [1.54, 1.807) is 0 Å². The summed E-state index contributed by atoms with van der Waals surface area (Å²) in [5.41, 5.74) is 5.85. The fourth-order valence-electron chi connectivity index (χ4n) is 4.46. The average Bonchev–Trinajstić information content (AvgIpc) is 3.45. The molecule has 176 valence electrons. The predicted molar refractivity (Wildman–Crippen MR) is 142 cm³/mol. The van der Waals surface area contributed by atoms with Crippen LogP contribution in [-0.4, -0.2) is 45.3 Å². The molecule has 2 aliphatic heterocycles. The number of para-hydroxylation sites is 2. The molecular formula is C26H35BrN6. The van der Waals surface area contributed by atoms with Crippen LogP contribution < -0.4 is 10.2 Å². The Bertz CT molecular complexity index is 1140. The van der Waals surface area contributed by atoms with Crippen LogP contribution in [0.1, 0.15) is 38.5 Å². The Morgan fingerprint density at radius 3 is 1.88 bits per heavy atom. The molecule has 2 saturated heterocycles. The van der Waals surface area contributed by atoms with Gasteiger partial charge in [-0.25, -0.2) is 9.97 Å². The quantitative estimate of drug-likeness (QED) is 0.359. The summed E-state index contributed by atoms with van der Waals surface area (Å²) in [6.07, 6.45) is 11.9. The number of anilines is 1. The third-order valence-electron chi connectivity index (χ3n) is 6.34. The van der Waals surface area contributed by atoms with Crippen molar-refractivity contribution in [3.05, 3.63) is 53.5 Å². The fraction of sp³-hybridized carbons (Fsp3) is 0.462. The highest BCUT2D eigenvalue weighted by Crippen LogP contribution is 2.27. The zero-order valence-corrected chi connectivity index (χ0v) is 21.4. The number of nitrogens with zero attached hydrogens (tertiary/aromatic N) is 5. The molecule has 2 aromatic heterocycles. The van der Waals surface area contributed by atoms with Crippen LogP contribution in [0.25, 0.3) is 22.1 Å². The number of halogens is 1. The molecule has 1 N–H and O–H groups in total. The van der Waals surface area contributed by atoms with E-state index >= 15 is 0 Å². The first kappa shape index (κ1) is 23.8. The van der Waals surface area contributed by atoms with Crippen molar-refractivity contribution in [2.24, 2.45) is 14.1 Å². The Hall–Kier alpha value is -2.38. The van der Waals surface area contributed by atoms with Gasteiger partial charge in [0.05, 0.1) is 29.4 Å². The highest BCUT2D eigenvalue weighted by atomic mass is 79.9. The molecule has 2 aliphatic rings. The van der Waals surface area contributed by atoms with Crippen LogP contribution in [-0.2, 0) is 14.1 Å². The van der Waals surface area contributed by atoms with Gasteiger partial charge in [-0.2, -0.15) is 0 Å². The van der Waals surface area contributed by atoms with Crippen LogP contribution in [0, 0.1) is 0 Å². The van der Waals surface area contributed by atoms with Gasteiger partial charge in [-0.15, -0.1) is 0 Å². The van der Waals surface area contributed by atoms with Crippen molar-refractivity contribution in [3.63, 3.8) is 0 Å². The lowest BCUT2D eigenvalue weighted by Gasteiger charge is -2.28. The molecule has 0 unspecified atom stereocenters. The molecule has 0 bridgehead atoms. The SMILES string of the molecule is C1CCNCC1.Cn1cnc2c(Br)cccc21.Cn1cnc2c(N3CCCCC3)cccc21. The molecule has 4 heterocycles. The van der Waals surface area contributed by atoms with Crippen molar-refractivity contribution in [2.45, 2.75) is 38.5 Å². The lowest BCUT2D eigenvalue weighted by molar-refractivity contribution is 0.520. The van der Waals surface area contributed by atoms with Crippen LogP contribution in [0.4, 0.5) is 5.69 Å². The lowest BCUT2D eigenvalue weighted by Crippen LogP contribution is -2.29. The number of piperidine rings is 2. The summed E-state index contributed by atoms with van der Waals surface area (Å²) in [6, 6.07) is 12.5. The van der Waals surface area contributed by atoms with Gasteiger partial charge in [0.25, 0.3) is 0 Å². The predicted octanol–water partition coefficient (Wildman–Crippen LogP) is 5.66. The van der Waals surface area contributed by atoms with Crippen molar-refractivity contribution in [3.8, 4) is 0 Å². The summed E-state index contributed by atoms with van der Waals surface area (Å²) in [5.74, 6) is 0. The Morgan fingerprint density at radius 1 is 0.727 bits per heavy atom. The number of aromatic nitrogens is 4. The molecule has 7 heteroatoms. The van der Waals surface area contributed by atoms with Gasteiger partial charge >= 0.3 is 0 Å². The highest BCUT2D eigenvalue weighted by Gasteiger charge is 2.14. The molecule has 6 rings (SSSR count). The van der Waals surface area contributed by atoms with E-state index in [0.717, 1.165) is 21.0 Å². The summed E-state index contributed by atoms with van der Waals surface area (Å²) >= 11 is 3.43. The van der Waals surface area contributed by atoms with Crippen LogP contribution in [0.15, 0.2) is 53.5 Å². The third-order valence-corrected chi connectivity index (χ3v) is 6.98. The Morgan fingerprint density at radius 2 is 1.30 bits per heavy atom. The number of benzene rings is 2. The second-order valence-electron chi connectivity index (χ2n) is 8.82. The molecule has 2 fully saturated rings. The fourth-order valence-corrected chi connectivity index (χ4v) is 4.92. The molecule has 2 aromatic carbocycles. The average molecular weight is 512 g/mol. The number of hydrogen-bond acceptors (Lipinski definition) is 4. The molecule has 6 nitrogen and oxygen atoms in total. The maximum Gasteiger partial charge on any atom is 0.112 e. The number of aryl methyl sites for hydroxylation is 2. The number of hydrogen-bond donors (Lipinski definition) is 1. The van der Waals surface area contributed by atoms with E-state index in [4.69, 9.17) is 0 Å². The van der Waals surface area contributed by atoms with E-state index < -0.39 is 0 Å². The van der Waals surface area contributed by atoms with Crippen molar-refractivity contribution < 1.29 is 0 Å². The first-order valence-corrected chi connectivity index (χ1v) is 12.9. The minimum absolute atomic E-state index is 1.02. The van der Waals surface area contributed by atoms with Gasteiger partial charge in [-0.3, -0.25) is 0 Å². The number of rotatable bonds is 1. The van der Waals surface area contributed by atoms with E-state index in [1.165, 1.54) is 75.9 Å². The van der Waals surface area contributed by atoms with Crippen LogP contribution in [0.3, 0.4) is 0 Å². The topological polar surface area (TPSA) is 50.9 Å². The van der Waals surface area contributed by atoms with Gasteiger partial charge in [0, 0.05) is 31.7 Å². The van der Waals surface area contributed by atoms with Gasteiger partial charge in [-0.05, 0) is 85.4 Å². The Balaban J connectivity index is 0.000000132.